The Morgan fingerprint density at radius 2 is 2.13 bits per heavy atom. The topological polar surface area (TPSA) is 85.3 Å². The molecule has 0 saturated heterocycles. The van der Waals surface area contributed by atoms with E-state index in [1.807, 2.05) is 0 Å². The predicted molar refractivity (Wildman–Crippen MR) is 113 cm³/mol. The van der Waals surface area contributed by atoms with Crippen molar-refractivity contribution < 1.29 is 28.9 Å². The number of methoxy groups -OCH3 is 1. The number of alkyl halides is 3. The number of carbonyl (C=O) groups is 2. The fraction of sp³-hybridized carbons (Fsp3) is 0.600. The molecule has 0 aromatic heterocycles. The van der Waals surface area contributed by atoms with Gasteiger partial charge in [-0.15, -0.1) is 0 Å². The molecule has 1 saturated carbocycles. The van der Waals surface area contributed by atoms with Gasteiger partial charge in [0.05, 0.1) is 19.1 Å². The number of halogens is 3. The lowest BCUT2D eigenvalue weighted by atomic mass is 9.64. The Labute approximate surface area is 190 Å². The van der Waals surface area contributed by atoms with Gasteiger partial charge in [0.2, 0.25) is 3.79 Å². The van der Waals surface area contributed by atoms with Crippen LogP contribution in [-0.4, -0.2) is 59.1 Å². The second-order valence-electron chi connectivity index (χ2n) is 7.52. The summed E-state index contributed by atoms with van der Waals surface area (Å²) in [7, 11) is 3.08. The van der Waals surface area contributed by atoms with E-state index in [1.54, 1.807) is 19.2 Å². The Bertz CT molecular complexity index is 827. The van der Waals surface area contributed by atoms with Crippen molar-refractivity contribution in [1.82, 2.24) is 4.90 Å². The standard InChI is InChI=1S/C20H24Cl3NO6/c1-24(18(27)29-11-20(21,22)23)9-8-19-14(26)4-3-5-15(19)30-17-13(28-2)7-6-12(10-25)16(17)19/h6-7,15,25H,3-5,8-11H2,1-2H3/t15-,19+/m0/s1. The van der Waals surface area contributed by atoms with Crippen LogP contribution in [0.25, 0.3) is 0 Å². The number of amides is 1. The van der Waals surface area contributed by atoms with E-state index >= 15 is 0 Å². The van der Waals surface area contributed by atoms with Crippen LogP contribution in [0.1, 0.15) is 36.8 Å². The van der Waals surface area contributed by atoms with Gasteiger partial charge in [0.1, 0.15) is 18.5 Å². The molecule has 1 fully saturated rings. The molecule has 1 aromatic rings. The van der Waals surface area contributed by atoms with Crippen LogP contribution in [0.3, 0.4) is 0 Å². The van der Waals surface area contributed by atoms with Crippen LogP contribution in [0.4, 0.5) is 4.79 Å². The van der Waals surface area contributed by atoms with E-state index in [9.17, 15) is 14.7 Å². The van der Waals surface area contributed by atoms with Gasteiger partial charge in [-0.1, -0.05) is 40.9 Å². The Morgan fingerprint density at radius 3 is 2.77 bits per heavy atom. The third kappa shape index (κ3) is 4.31. The monoisotopic (exact) mass is 479 g/mol. The highest BCUT2D eigenvalue weighted by atomic mass is 35.6. The Morgan fingerprint density at radius 1 is 1.40 bits per heavy atom. The van der Waals surface area contributed by atoms with Crippen molar-refractivity contribution in [2.24, 2.45) is 0 Å². The Kier molecular flexibility index (Phi) is 6.97. The molecule has 2 aliphatic rings. The van der Waals surface area contributed by atoms with Gasteiger partial charge in [0.15, 0.2) is 11.5 Å². The van der Waals surface area contributed by atoms with Crippen LogP contribution in [0, 0.1) is 0 Å². The Hall–Kier alpha value is -1.41. The van der Waals surface area contributed by atoms with E-state index in [-0.39, 0.29) is 31.6 Å². The van der Waals surface area contributed by atoms with Gasteiger partial charge in [-0.25, -0.2) is 4.79 Å². The van der Waals surface area contributed by atoms with E-state index in [2.05, 4.69) is 0 Å². The van der Waals surface area contributed by atoms with Crippen LogP contribution < -0.4 is 9.47 Å². The first kappa shape index (κ1) is 23.3. The molecule has 1 aliphatic heterocycles. The molecule has 0 spiro atoms. The minimum Gasteiger partial charge on any atom is -0.493 e. The lowest BCUT2D eigenvalue weighted by molar-refractivity contribution is -0.130. The zero-order chi connectivity index (χ0) is 22.1. The molecule has 3 rings (SSSR count). The quantitative estimate of drug-likeness (QED) is 0.624. The van der Waals surface area contributed by atoms with Gasteiger partial charge < -0.3 is 24.2 Å². The van der Waals surface area contributed by atoms with Crippen LogP contribution in [0.15, 0.2) is 12.1 Å². The van der Waals surface area contributed by atoms with Crippen LogP contribution in [0.5, 0.6) is 11.5 Å². The van der Waals surface area contributed by atoms with Gasteiger partial charge in [0, 0.05) is 25.6 Å². The summed E-state index contributed by atoms with van der Waals surface area (Å²) in [5.41, 5.74) is 0.302. The molecular weight excluding hydrogens is 457 g/mol. The van der Waals surface area contributed by atoms with E-state index in [0.29, 0.717) is 41.9 Å². The molecule has 2 atom stereocenters. The van der Waals surface area contributed by atoms with Crippen molar-refractivity contribution in [2.45, 2.75) is 47.6 Å². The zero-order valence-electron chi connectivity index (χ0n) is 16.8. The smallest absolute Gasteiger partial charge is 0.409 e. The molecule has 1 N–H and O–H groups in total. The SMILES string of the molecule is COc1ccc(CO)c2c1O[C@H]1CCCC(=O)[C@@]21CCN(C)C(=O)OCC(Cl)(Cl)Cl. The number of ether oxygens (including phenoxy) is 3. The number of benzene rings is 1. The molecule has 30 heavy (non-hydrogen) atoms. The third-order valence-corrected chi connectivity index (χ3v) is 6.06. The minimum absolute atomic E-state index is 0.0310. The number of aliphatic hydroxyl groups excluding tert-OH is 1. The summed E-state index contributed by atoms with van der Waals surface area (Å²) in [5, 5.41) is 9.94. The van der Waals surface area contributed by atoms with Crippen LogP contribution in [-0.2, 0) is 21.6 Å². The van der Waals surface area contributed by atoms with Gasteiger partial charge in [-0.3, -0.25) is 4.79 Å². The fourth-order valence-electron chi connectivity index (χ4n) is 4.32. The van der Waals surface area contributed by atoms with Crippen molar-refractivity contribution >= 4 is 46.7 Å². The molecule has 10 heteroatoms. The third-order valence-electron chi connectivity index (χ3n) is 5.73. The summed E-state index contributed by atoms with van der Waals surface area (Å²) in [6.45, 7) is -0.407. The van der Waals surface area contributed by atoms with E-state index in [1.165, 1.54) is 12.0 Å². The average molecular weight is 481 g/mol. The van der Waals surface area contributed by atoms with Gasteiger partial charge in [0.25, 0.3) is 0 Å². The van der Waals surface area contributed by atoms with Crippen LogP contribution >= 0.6 is 34.8 Å². The largest absolute Gasteiger partial charge is 0.493 e. The van der Waals surface area contributed by atoms with Crippen molar-refractivity contribution in [3.05, 3.63) is 23.3 Å². The summed E-state index contributed by atoms with van der Waals surface area (Å²) in [5.74, 6) is 1.04. The molecule has 166 valence electrons. The van der Waals surface area contributed by atoms with Gasteiger partial charge in [-0.05, 0) is 30.9 Å². The van der Waals surface area contributed by atoms with Crippen molar-refractivity contribution in [1.29, 1.82) is 0 Å². The summed E-state index contributed by atoms with van der Waals surface area (Å²) >= 11 is 16.9. The first-order valence-electron chi connectivity index (χ1n) is 9.60. The first-order chi connectivity index (χ1) is 14.1. The highest BCUT2D eigenvalue weighted by molar-refractivity contribution is 6.67. The second kappa shape index (κ2) is 8.99. The normalized spacial score (nSPS) is 22.7. The number of rotatable bonds is 6. The van der Waals surface area contributed by atoms with Crippen molar-refractivity contribution in [3.63, 3.8) is 0 Å². The predicted octanol–water partition coefficient (Wildman–Crippen LogP) is 3.77. The molecule has 1 aliphatic carbocycles. The number of Topliss-reactive ketones (excluding diaryl/α,β-unsaturated/α-hetero) is 1. The lowest BCUT2D eigenvalue weighted by Gasteiger charge is -2.38. The highest BCUT2D eigenvalue weighted by Crippen LogP contribution is 2.55. The Balaban J connectivity index is 1.90. The maximum Gasteiger partial charge on any atom is 0.409 e. The van der Waals surface area contributed by atoms with E-state index in [0.717, 1.165) is 6.42 Å². The average Bonchev–Trinajstić information content (AvgIpc) is 3.05. The number of aliphatic hydroxyl groups is 1. The molecule has 7 nitrogen and oxygen atoms in total. The number of hydrogen-bond donors (Lipinski definition) is 1. The van der Waals surface area contributed by atoms with Crippen LogP contribution in [0.2, 0.25) is 0 Å². The summed E-state index contributed by atoms with van der Waals surface area (Å²) in [6.07, 6.45) is 1.07. The molecule has 1 amide bonds. The highest BCUT2D eigenvalue weighted by Gasteiger charge is 2.57. The molecule has 1 aromatic carbocycles. The first-order valence-corrected chi connectivity index (χ1v) is 10.7. The minimum atomic E-state index is -1.70. The maximum absolute atomic E-state index is 13.3. The second-order valence-corrected chi connectivity index (χ2v) is 10.0. The molecular formula is C20H24Cl3NO6. The summed E-state index contributed by atoms with van der Waals surface area (Å²) < 4.78 is 14.9. The van der Waals surface area contributed by atoms with Gasteiger partial charge in [-0.2, -0.15) is 0 Å². The molecule has 0 bridgehead atoms. The fourth-order valence-corrected chi connectivity index (χ4v) is 4.48. The summed E-state index contributed by atoms with van der Waals surface area (Å²) in [6, 6.07) is 3.46. The van der Waals surface area contributed by atoms with Crippen molar-refractivity contribution in [2.75, 3.05) is 27.3 Å². The molecule has 0 unspecified atom stereocenters. The number of fused-ring (bicyclic) bond motifs is 3. The number of nitrogens with zero attached hydrogens (tertiary/aromatic N) is 1. The number of hydrogen-bond acceptors (Lipinski definition) is 6. The lowest BCUT2D eigenvalue weighted by Crippen LogP contribution is -2.50. The zero-order valence-corrected chi connectivity index (χ0v) is 19.0. The van der Waals surface area contributed by atoms with Gasteiger partial charge >= 0.3 is 6.09 Å². The summed E-state index contributed by atoms with van der Waals surface area (Å²) in [4.78, 5) is 26.9. The van der Waals surface area contributed by atoms with E-state index in [4.69, 9.17) is 49.0 Å². The number of carbonyl (C=O) groups excluding carboxylic acids is 2. The number of ketones is 1. The molecule has 0 radical (unpaired) electrons. The maximum atomic E-state index is 13.3. The van der Waals surface area contributed by atoms with Crippen molar-refractivity contribution in [3.8, 4) is 11.5 Å². The van der Waals surface area contributed by atoms with E-state index < -0.39 is 15.3 Å². The molecule has 1 heterocycles.